The molecule has 10 heteroatoms. The zero-order chi connectivity index (χ0) is 20.9. The van der Waals surface area contributed by atoms with E-state index in [-0.39, 0.29) is 17.6 Å². The molecule has 4 rings (SSSR count). The predicted molar refractivity (Wildman–Crippen MR) is 119 cm³/mol. The van der Waals surface area contributed by atoms with Crippen LogP contribution in [0.4, 0.5) is 5.00 Å². The number of anilines is 1. The van der Waals surface area contributed by atoms with E-state index in [1.54, 1.807) is 24.3 Å². The summed E-state index contributed by atoms with van der Waals surface area (Å²) < 4.78 is 10.7. The first kappa shape index (κ1) is 20.8. The third kappa shape index (κ3) is 4.82. The smallest absolute Gasteiger partial charge is 0.341 e. The number of fused-ring (bicyclic) bond motifs is 1. The standard InChI is InChI=1S/C20H19N3O4S3/c1-2-26-19(25)17-13-6-3-7-14(13)30-18(17)21-15(24)11-29-20-23-22-16(27-20)9-8-12-5-4-10-28-12/h4-5,8-10H,2-3,6-7,11H2,1H3,(H,21,24)/b9-8+. The summed E-state index contributed by atoms with van der Waals surface area (Å²) in [5.74, 6) is -0.134. The fourth-order valence-corrected chi connectivity index (χ4v) is 5.57. The maximum atomic E-state index is 12.5. The lowest BCUT2D eigenvalue weighted by Crippen LogP contribution is -2.16. The van der Waals surface area contributed by atoms with Gasteiger partial charge < -0.3 is 14.5 Å². The van der Waals surface area contributed by atoms with Crippen LogP contribution in [-0.4, -0.2) is 34.4 Å². The minimum absolute atomic E-state index is 0.0983. The van der Waals surface area contributed by atoms with Crippen molar-refractivity contribution in [2.75, 3.05) is 17.7 Å². The molecule has 0 unspecified atom stereocenters. The van der Waals surface area contributed by atoms with Gasteiger partial charge in [0, 0.05) is 15.8 Å². The highest BCUT2D eigenvalue weighted by Crippen LogP contribution is 2.39. The van der Waals surface area contributed by atoms with E-state index in [2.05, 4.69) is 15.5 Å². The Morgan fingerprint density at radius 2 is 2.23 bits per heavy atom. The number of rotatable bonds is 8. The number of esters is 1. The number of aromatic nitrogens is 2. The molecule has 3 heterocycles. The number of carbonyl (C=O) groups excluding carboxylic acids is 2. The Morgan fingerprint density at radius 3 is 3.03 bits per heavy atom. The van der Waals surface area contributed by atoms with E-state index in [0.717, 1.165) is 46.3 Å². The molecular formula is C20H19N3O4S3. The molecule has 0 bridgehead atoms. The van der Waals surface area contributed by atoms with Gasteiger partial charge in [0.25, 0.3) is 5.22 Å². The van der Waals surface area contributed by atoms with Gasteiger partial charge in [-0.2, -0.15) is 0 Å². The van der Waals surface area contributed by atoms with E-state index < -0.39 is 0 Å². The van der Waals surface area contributed by atoms with E-state index >= 15 is 0 Å². The zero-order valence-electron chi connectivity index (χ0n) is 16.2. The number of thiophene rings is 2. The van der Waals surface area contributed by atoms with Gasteiger partial charge in [0.05, 0.1) is 17.9 Å². The molecule has 0 fully saturated rings. The van der Waals surface area contributed by atoms with Crippen molar-refractivity contribution in [2.45, 2.75) is 31.4 Å². The molecule has 1 N–H and O–H groups in total. The summed E-state index contributed by atoms with van der Waals surface area (Å²) in [6.07, 6.45) is 6.43. The van der Waals surface area contributed by atoms with E-state index in [1.807, 2.05) is 23.6 Å². The summed E-state index contributed by atoms with van der Waals surface area (Å²) in [4.78, 5) is 27.1. The Bertz CT molecular complexity index is 1070. The molecule has 0 saturated heterocycles. The first-order valence-corrected chi connectivity index (χ1v) is 12.1. The van der Waals surface area contributed by atoms with E-state index in [4.69, 9.17) is 9.15 Å². The lowest BCUT2D eigenvalue weighted by molar-refractivity contribution is -0.113. The Morgan fingerprint density at radius 1 is 1.33 bits per heavy atom. The van der Waals surface area contributed by atoms with Crippen LogP contribution < -0.4 is 5.32 Å². The third-order valence-electron chi connectivity index (χ3n) is 4.34. The van der Waals surface area contributed by atoms with Crippen molar-refractivity contribution in [1.82, 2.24) is 10.2 Å². The Hall–Kier alpha value is -2.43. The second-order valence-electron chi connectivity index (χ2n) is 6.37. The fourth-order valence-electron chi connectivity index (χ4n) is 3.09. The van der Waals surface area contributed by atoms with Crippen LogP contribution in [0.2, 0.25) is 0 Å². The number of hydrogen-bond donors (Lipinski definition) is 1. The highest BCUT2D eigenvalue weighted by atomic mass is 32.2. The van der Waals surface area contributed by atoms with E-state index in [9.17, 15) is 9.59 Å². The topological polar surface area (TPSA) is 94.3 Å². The highest BCUT2D eigenvalue weighted by Gasteiger charge is 2.28. The molecule has 0 spiro atoms. The summed E-state index contributed by atoms with van der Waals surface area (Å²) in [7, 11) is 0. The molecular weight excluding hydrogens is 442 g/mol. The highest BCUT2D eigenvalue weighted by molar-refractivity contribution is 7.99. The largest absolute Gasteiger partial charge is 0.462 e. The number of ether oxygens (including phenoxy) is 1. The van der Waals surface area contributed by atoms with Crippen LogP contribution in [0.3, 0.4) is 0 Å². The monoisotopic (exact) mass is 461 g/mol. The number of carbonyl (C=O) groups is 2. The molecule has 1 aliphatic carbocycles. The molecule has 0 atom stereocenters. The predicted octanol–water partition coefficient (Wildman–Crippen LogP) is 4.76. The van der Waals surface area contributed by atoms with Crippen molar-refractivity contribution >= 4 is 63.5 Å². The van der Waals surface area contributed by atoms with Gasteiger partial charge in [-0.1, -0.05) is 17.8 Å². The van der Waals surface area contributed by atoms with Gasteiger partial charge in [-0.05, 0) is 49.3 Å². The molecule has 0 saturated carbocycles. The lowest BCUT2D eigenvalue weighted by atomic mass is 10.1. The summed E-state index contributed by atoms with van der Waals surface area (Å²) in [6.45, 7) is 2.07. The normalized spacial score (nSPS) is 13.0. The van der Waals surface area contributed by atoms with E-state index in [0.29, 0.717) is 28.3 Å². The molecule has 0 radical (unpaired) electrons. The van der Waals surface area contributed by atoms with Crippen LogP contribution >= 0.6 is 34.4 Å². The molecule has 1 aliphatic rings. The van der Waals surface area contributed by atoms with Gasteiger partial charge in [0.1, 0.15) is 5.00 Å². The Kier molecular flexibility index (Phi) is 6.66. The van der Waals surface area contributed by atoms with Crippen LogP contribution in [0.1, 0.15) is 44.9 Å². The Labute approximate surface area is 185 Å². The van der Waals surface area contributed by atoms with Crippen LogP contribution in [0, 0.1) is 0 Å². The van der Waals surface area contributed by atoms with E-state index in [1.165, 1.54) is 11.3 Å². The number of nitrogens with one attached hydrogen (secondary N) is 1. The van der Waals surface area contributed by atoms with Gasteiger partial charge in [-0.25, -0.2) is 4.79 Å². The molecule has 156 valence electrons. The average Bonchev–Trinajstić information content (AvgIpc) is 3.49. The Balaban J connectivity index is 1.36. The van der Waals surface area contributed by atoms with Crippen molar-refractivity contribution in [3.8, 4) is 0 Å². The van der Waals surface area contributed by atoms with Crippen LogP contribution in [-0.2, 0) is 22.4 Å². The summed E-state index contributed by atoms with van der Waals surface area (Å²) >= 11 is 4.22. The summed E-state index contributed by atoms with van der Waals surface area (Å²) in [5, 5.41) is 13.6. The van der Waals surface area contributed by atoms with Crippen molar-refractivity contribution in [3.05, 3.63) is 44.3 Å². The number of hydrogen-bond acceptors (Lipinski definition) is 9. The minimum atomic E-state index is -0.376. The number of amides is 1. The lowest BCUT2D eigenvalue weighted by Gasteiger charge is -2.07. The van der Waals surface area contributed by atoms with Crippen LogP contribution in [0.5, 0.6) is 0 Å². The molecule has 3 aromatic rings. The second-order valence-corrected chi connectivity index (χ2v) is 9.38. The summed E-state index contributed by atoms with van der Waals surface area (Å²) in [6, 6.07) is 3.95. The number of nitrogens with zero attached hydrogens (tertiary/aromatic N) is 2. The van der Waals surface area contributed by atoms with Crippen molar-refractivity contribution < 1.29 is 18.7 Å². The molecule has 1 amide bonds. The second kappa shape index (κ2) is 9.59. The van der Waals surface area contributed by atoms with Gasteiger partial charge in [0.15, 0.2) is 0 Å². The van der Waals surface area contributed by atoms with Gasteiger partial charge in [-0.3, -0.25) is 4.79 Å². The van der Waals surface area contributed by atoms with Crippen molar-refractivity contribution in [2.24, 2.45) is 0 Å². The number of thioether (sulfide) groups is 1. The molecule has 3 aromatic heterocycles. The first-order valence-electron chi connectivity index (χ1n) is 9.43. The van der Waals surface area contributed by atoms with Gasteiger partial charge in [-0.15, -0.1) is 32.9 Å². The summed E-state index contributed by atoms with van der Waals surface area (Å²) in [5.41, 5.74) is 1.52. The molecule has 7 nitrogen and oxygen atoms in total. The third-order valence-corrected chi connectivity index (χ3v) is 7.20. The zero-order valence-corrected chi connectivity index (χ0v) is 18.6. The van der Waals surface area contributed by atoms with Crippen molar-refractivity contribution in [3.63, 3.8) is 0 Å². The minimum Gasteiger partial charge on any atom is -0.462 e. The van der Waals surface area contributed by atoms with Gasteiger partial charge >= 0.3 is 5.97 Å². The number of aryl methyl sites for hydroxylation is 1. The van der Waals surface area contributed by atoms with Crippen LogP contribution in [0.15, 0.2) is 27.2 Å². The first-order chi connectivity index (χ1) is 14.6. The van der Waals surface area contributed by atoms with Crippen molar-refractivity contribution in [1.29, 1.82) is 0 Å². The van der Waals surface area contributed by atoms with Gasteiger partial charge in [0.2, 0.25) is 11.8 Å². The SMILES string of the molecule is CCOC(=O)c1c(NC(=O)CSc2nnc(/C=C/c3cccs3)o2)sc2c1CCC2. The van der Waals surface area contributed by atoms with Crippen LogP contribution in [0.25, 0.3) is 12.2 Å². The quantitative estimate of drug-likeness (QED) is 0.382. The maximum Gasteiger partial charge on any atom is 0.341 e. The molecule has 0 aromatic carbocycles. The average molecular weight is 462 g/mol. The molecule has 30 heavy (non-hydrogen) atoms. The maximum absolute atomic E-state index is 12.5. The molecule has 0 aliphatic heterocycles. The fraction of sp³-hybridized carbons (Fsp3) is 0.300.